The lowest BCUT2D eigenvalue weighted by Gasteiger charge is -2.29. The third kappa shape index (κ3) is 10.4. The highest BCUT2D eigenvalue weighted by Crippen LogP contribution is 2.31. The summed E-state index contributed by atoms with van der Waals surface area (Å²) < 4.78 is 20.9. The molecule has 50 heavy (non-hydrogen) atoms. The highest BCUT2D eigenvalue weighted by Gasteiger charge is 2.46. The minimum atomic E-state index is -1.79. The van der Waals surface area contributed by atoms with E-state index in [-0.39, 0.29) is 36.7 Å². The molecule has 1 aliphatic rings. The lowest BCUT2D eigenvalue weighted by molar-refractivity contribution is -0.163. The van der Waals surface area contributed by atoms with E-state index in [1.54, 1.807) is 44.2 Å². The summed E-state index contributed by atoms with van der Waals surface area (Å²) in [6, 6.07) is 8.17. The number of rotatable bonds is 14. The van der Waals surface area contributed by atoms with Crippen LogP contribution in [-0.4, -0.2) is 78.3 Å². The summed E-state index contributed by atoms with van der Waals surface area (Å²) in [7, 11) is 2.55. The molecule has 1 aromatic heterocycles. The largest absolute Gasteiger partial charge is 0.493 e. The molecular weight excluding hydrogens is 652 g/mol. The number of carbonyl (C=O) groups is 8. The molecule has 1 aliphatic carbocycles. The van der Waals surface area contributed by atoms with E-state index in [4.69, 9.17) is 14.2 Å². The van der Waals surface area contributed by atoms with Crippen molar-refractivity contribution in [3.05, 3.63) is 53.9 Å². The van der Waals surface area contributed by atoms with Crippen LogP contribution < -0.4 is 14.8 Å². The van der Waals surface area contributed by atoms with Crippen molar-refractivity contribution in [3.63, 3.8) is 0 Å². The molecule has 1 heterocycles. The average Bonchev–Trinajstić information content (AvgIpc) is 3.12. The number of methoxy groups -OCH3 is 2. The van der Waals surface area contributed by atoms with Crippen LogP contribution in [0.1, 0.15) is 75.3 Å². The average molecular weight is 695 g/mol. The van der Waals surface area contributed by atoms with Gasteiger partial charge in [0.05, 0.1) is 32.0 Å². The van der Waals surface area contributed by atoms with Crippen molar-refractivity contribution in [2.75, 3.05) is 14.2 Å². The van der Waals surface area contributed by atoms with Crippen LogP contribution in [0.15, 0.2) is 42.6 Å². The van der Waals surface area contributed by atoms with Gasteiger partial charge >= 0.3 is 17.9 Å². The van der Waals surface area contributed by atoms with Crippen LogP contribution in [0.5, 0.6) is 11.5 Å². The number of nitrogens with zero attached hydrogens (tertiary/aromatic N) is 1. The molecule has 3 rings (SSSR count). The Kier molecular flexibility index (Phi) is 14.5. The summed E-state index contributed by atoms with van der Waals surface area (Å²) in [5, 5.41) is 2.32. The summed E-state index contributed by atoms with van der Waals surface area (Å²) in [6.45, 7) is 4.45. The molecule has 0 bridgehead atoms. The van der Waals surface area contributed by atoms with Gasteiger partial charge in [-0.1, -0.05) is 57.5 Å². The molecule has 4 atom stereocenters. The van der Waals surface area contributed by atoms with Crippen molar-refractivity contribution in [2.24, 2.45) is 17.8 Å². The molecule has 2 aromatic rings. The van der Waals surface area contributed by atoms with Crippen molar-refractivity contribution in [1.82, 2.24) is 10.3 Å². The van der Waals surface area contributed by atoms with Crippen molar-refractivity contribution >= 4 is 46.9 Å². The topological polar surface area (TPSA) is 198 Å². The van der Waals surface area contributed by atoms with E-state index in [0.29, 0.717) is 24.8 Å². The van der Waals surface area contributed by atoms with Gasteiger partial charge in [0.2, 0.25) is 28.9 Å². The van der Waals surface area contributed by atoms with E-state index in [1.165, 1.54) is 33.4 Å². The zero-order valence-corrected chi connectivity index (χ0v) is 28.7. The van der Waals surface area contributed by atoms with Crippen LogP contribution >= 0.6 is 0 Å². The van der Waals surface area contributed by atoms with Gasteiger partial charge in [0, 0.05) is 31.5 Å². The summed E-state index contributed by atoms with van der Waals surface area (Å²) in [6.07, 6.45) is 0.328. The number of aromatic nitrogens is 1. The number of amides is 1. The molecule has 1 fully saturated rings. The van der Waals surface area contributed by atoms with E-state index < -0.39 is 83.0 Å². The lowest BCUT2D eigenvalue weighted by Crippen LogP contribution is -2.48. The molecule has 0 aliphatic heterocycles. The fourth-order valence-corrected chi connectivity index (χ4v) is 5.34. The van der Waals surface area contributed by atoms with Gasteiger partial charge in [-0.05, 0) is 24.8 Å². The van der Waals surface area contributed by atoms with Gasteiger partial charge in [0.25, 0.3) is 5.91 Å². The maximum Gasteiger partial charge on any atom is 0.311 e. The number of nitrogens with one attached hydrogen (secondary N) is 1. The Morgan fingerprint density at radius 3 is 2.16 bits per heavy atom. The Morgan fingerprint density at radius 2 is 1.54 bits per heavy atom. The normalized spacial score (nSPS) is 19.6. The van der Waals surface area contributed by atoms with Crippen LogP contribution in [0.3, 0.4) is 0 Å². The van der Waals surface area contributed by atoms with E-state index in [1.807, 2.05) is 0 Å². The number of benzene rings is 1. The fraction of sp³-hybridized carbons (Fsp3) is 0.472. The van der Waals surface area contributed by atoms with Crippen molar-refractivity contribution < 1.29 is 57.3 Å². The van der Waals surface area contributed by atoms with Crippen molar-refractivity contribution in [1.29, 1.82) is 0 Å². The van der Waals surface area contributed by atoms with Gasteiger partial charge in [0.15, 0.2) is 11.4 Å². The minimum absolute atomic E-state index is 0.0421. The monoisotopic (exact) mass is 694 g/mol. The standard InChI is InChI=1S/C36H42N2O12/c1-20(2)36(46)50-33-21(3)30(42)32(44)24(19-25(39)31(43)23(33)18-22-12-8-6-9-13-22)38-35(45)29-34(26(47-4)16-17-37-29)49-28(41)15-11-7-10-14-27(40)48-5/h6,8-9,12-13,16-17,20-21,23-24,33H,7,10-11,14-15,18-19H2,1-5H3,(H,38,45)/t21-,23+,24+,33-/m1/s1. The maximum atomic E-state index is 13.7. The van der Waals surface area contributed by atoms with Gasteiger partial charge in [-0.3, -0.25) is 38.4 Å². The van der Waals surface area contributed by atoms with E-state index in [0.717, 1.165) is 0 Å². The number of ether oxygens (including phenoxy) is 4. The van der Waals surface area contributed by atoms with Gasteiger partial charge in [-0.25, -0.2) is 4.98 Å². The second-order valence-corrected chi connectivity index (χ2v) is 12.2. The first kappa shape index (κ1) is 39.2. The number of unbranched alkanes of at least 4 members (excludes halogenated alkanes) is 2. The Morgan fingerprint density at radius 1 is 0.880 bits per heavy atom. The van der Waals surface area contributed by atoms with Crippen LogP contribution in [0.2, 0.25) is 0 Å². The number of pyridine rings is 1. The highest BCUT2D eigenvalue weighted by atomic mass is 16.6. The van der Waals surface area contributed by atoms with Crippen LogP contribution in [-0.2, 0) is 49.5 Å². The minimum Gasteiger partial charge on any atom is -0.493 e. The Hall–Kier alpha value is -5.27. The first-order valence-electron chi connectivity index (χ1n) is 16.3. The second kappa shape index (κ2) is 18.5. The molecule has 0 unspecified atom stereocenters. The molecule has 0 radical (unpaired) electrons. The number of ketones is 4. The quantitative estimate of drug-likeness (QED) is 0.172. The molecule has 0 saturated heterocycles. The summed E-state index contributed by atoms with van der Waals surface area (Å²) in [5.41, 5.74) is 0.146. The zero-order chi connectivity index (χ0) is 37.0. The van der Waals surface area contributed by atoms with E-state index in [9.17, 15) is 38.4 Å². The Labute approximate surface area is 289 Å². The number of hydrogen-bond donors (Lipinski definition) is 1. The maximum absolute atomic E-state index is 13.7. The van der Waals surface area contributed by atoms with E-state index >= 15 is 0 Å². The van der Waals surface area contributed by atoms with Gasteiger partial charge in [-0.15, -0.1) is 0 Å². The molecule has 1 N–H and O–H groups in total. The first-order chi connectivity index (χ1) is 23.8. The third-order valence-corrected chi connectivity index (χ3v) is 8.20. The predicted octanol–water partition coefficient (Wildman–Crippen LogP) is 2.96. The number of Topliss-reactive ketones (excluding diaryl/α,β-unsaturated/α-hetero) is 4. The number of hydrogen-bond acceptors (Lipinski definition) is 13. The van der Waals surface area contributed by atoms with Gasteiger partial charge in [-0.2, -0.15) is 0 Å². The summed E-state index contributed by atoms with van der Waals surface area (Å²) in [5.74, 6) is -10.9. The Balaban J connectivity index is 1.88. The molecule has 1 amide bonds. The van der Waals surface area contributed by atoms with Gasteiger partial charge < -0.3 is 24.3 Å². The smallest absolute Gasteiger partial charge is 0.311 e. The zero-order valence-electron chi connectivity index (χ0n) is 28.7. The molecular formula is C36H42N2O12. The number of esters is 3. The van der Waals surface area contributed by atoms with Crippen molar-refractivity contribution in [3.8, 4) is 11.5 Å². The molecule has 1 saturated carbocycles. The second-order valence-electron chi connectivity index (χ2n) is 12.2. The lowest BCUT2D eigenvalue weighted by atomic mass is 9.81. The van der Waals surface area contributed by atoms with Crippen molar-refractivity contribution in [2.45, 2.75) is 77.9 Å². The molecule has 0 spiro atoms. The van der Waals surface area contributed by atoms with Crippen LogP contribution in [0.4, 0.5) is 0 Å². The molecule has 1 aromatic carbocycles. The number of carbonyl (C=O) groups excluding carboxylic acids is 8. The van der Waals surface area contributed by atoms with Gasteiger partial charge in [0.1, 0.15) is 12.1 Å². The van der Waals surface area contributed by atoms with Crippen LogP contribution in [0, 0.1) is 17.8 Å². The summed E-state index contributed by atoms with van der Waals surface area (Å²) in [4.78, 5) is 109. The highest BCUT2D eigenvalue weighted by molar-refractivity contribution is 6.44. The SMILES string of the molecule is COC(=O)CCCCCC(=O)Oc1c(OC)ccnc1C(=O)N[C@H]1CC(=O)C(=O)[C@H](Cc2ccccc2)[C@H](OC(=O)C(C)C)[C@H](C)C(=O)C1=O. The molecule has 268 valence electrons. The fourth-order valence-electron chi connectivity index (χ4n) is 5.34. The summed E-state index contributed by atoms with van der Waals surface area (Å²) >= 11 is 0. The van der Waals surface area contributed by atoms with E-state index in [2.05, 4.69) is 15.0 Å². The predicted molar refractivity (Wildman–Crippen MR) is 175 cm³/mol. The Bertz CT molecular complexity index is 1600. The first-order valence-corrected chi connectivity index (χ1v) is 16.3. The molecule has 14 heteroatoms. The van der Waals surface area contributed by atoms with Crippen LogP contribution in [0.25, 0.3) is 0 Å². The molecule has 14 nitrogen and oxygen atoms in total. The third-order valence-electron chi connectivity index (χ3n) is 8.20.